The van der Waals surface area contributed by atoms with E-state index >= 15 is 0 Å². The molecule has 0 bridgehead atoms. The van der Waals surface area contributed by atoms with Gasteiger partial charge in [0.1, 0.15) is 0 Å². The monoisotopic (exact) mass is 315 g/mol. The van der Waals surface area contributed by atoms with Gasteiger partial charge in [-0.1, -0.05) is 13.0 Å². The predicted molar refractivity (Wildman–Crippen MR) is 91.4 cm³/mol. The van der Waals surface area contributed by atoms with E-state index in [2.05, 4.69) is 16.0 Å². The summed E-state index contributed by atoms with van der Waals surface area (Å²) in [5.74, 6) is 0.230. The molecule has 3 rings (SSSR count). The van der Waals surface area contributed by atoms with E-state index in [0.29, 0.717) is 6.42 Å². The van der Waals surface area contributed by atoms with E-state index in [0.717, 1.165) is 49.3 Å². The number of benzene rings is 1. The summed E-state index contributed by atoms with van der Waals surface area (Å²) in [6, 6.07) is 5.64. The van der Waals surface area contributed by atoms with E-state index in [1.54, 1.807) is 0 Å². The van der Waals surface area contributed by atoms with Crippen LogP contribution in [0, 0.1) is 18.3 Å². The van der Waals surface area contributed by atoms with E-state index in [4.69, 9.17) is 0 Å². The van der Waals surface area contributed by atoms with Gasteiger partial charge >= 0.3 is 0 Å². The van der Waals surface area contributed by atoms with Crippen LogP contribution in [0.1, 0.15) is 38.2 Å². The number of anilines is 2. The summed E-state index contributed by atoms with van der Waals surface area (Å²) in [5.41, 5.74) is 2.76. The Morgan fingerprint density at radius 2 is 2.00 bits per heavy atom. The molecule has 1 saturated carbocycles. The summed E-state index contributed by atoms with van der Waals surface area (Å²) in [6.07, 6.45) is 3.63. The highest BCUT2D eigenvalue weighted by Gasteiger charge is 2.57. The maximum Gasteiger partial charge on any atom is 0.228 e. The Morgan fingerprint density at radius 3 is 2.70 bits per heavy atom. The van der Waals surface area contributed by atoms with E-state index in [-0.39, 0.29) is 23.1 Å². The molecule has 1 spiro atoms. The van der Waals surface area contributed by atoms with Crippen LogP contribution in [0.5, 0.6) is 0 Å². The van der Waals surface area contributed by atoms with E-state index in [1.165, 1.54) is 0 Å². The Labute approximate surface area is 137 Å². The second-order valence-electron chi connectivity index (χ2n) is 6.79. The Morgan fingerprint density at radius 1 is 1.26 bits per heavy atom. The summed E-state index contributed by atoms with van der Waals surface area (Å²) in [5, 5.41) is 9.26. The van der Waals surface area contributed by atoms with Gasteiger partial charge < -0.3 is 16.0 Å². The van der Waals surface area contributed by atoms with Crippen molar-refractivity contribution in [2.24, 2.45) is 11.3 Å². The lowest BCUT2D eigenvalue weighted by Crippen LogP contribution is -2.31. The highest BCUT2D eigenvalue weighted by Crippen LogP contribution is 2.58. The molecule has 5 nitrogen and oxygen atoms in total. The van der Waals surface area contributed by atoms with Gasteiger partial charge in [0, 0.05) is 23.7 Å². The van der Waals surface area contributed by atoms with E-state index in [9.17, 15) is 9.59 Å². The van der Waals surface area contributed by atoms with Crippen molar-refractivity contribution in [3.63, 3.8) is 0 Å². The molecule has 1 aromatic carbocycles. The van der Waals surface area contributed by atoms with Gasteiger partial charge in [-0.25, -0.2) is 0 Å². The topological polar surface area (TPSA) is 70.2 Å². The molecular weight excluding hydrogens is 290 g/mol. The minimum Gasteiger partial charge on any atom is -0.326 e. The quantitative estimate of drug-likeness (QED) is 0.800. The number of rotatable bonds is 4. The molecule has 23 heavy (non-hydrogen) atoms. The lowest BCUT2D eigenvalue weighted by atomic mass is 9.91. The number of piperidine rings is 1. The Balaban J connectivity index is 1.66. The van der Waals surface area contributed by atoms with Crippen LogP contribution in [0.2, 0.25) is 0 Å². The third kappa shape index (κ3) is 3.39. The lowest BCUT2D eigenvalue weighted by Gasteiger charge is -2.23. The molecule has 1 heterocycles. The number of hydrogen-bond acceptors (Lipinski definition) is 3. The van der Waals surface area contributed by atoms with Gasteiger partial charge in [0.25, 0.3) is 0 Å². The van der Waals surface area contributed by atoms with Crippen LogP contribution < -0.4 is 16.0 Å². The molecule has 1 atom stereocenters. The maximum absolute atomic E-state index is 12.6. The first-order valence-electron chi connectivity index (χ1n) is 8.46. The third-order valence-corrected chi connectivity index (χ3v) is 5.21. The predicted octanol–water partition coefficient (Wildman–Crippen LogP) is 2.67. The van der Waals surface area contributed by atoms with Crippen LogP contribution in [0.15, 0.2) is 18.2 Å². The molecule has 1 aromatic rings. The molecule has 1 saturated heterocycles. The molecule has 2 amide bonds. The number of amides is 2. The van der Waals surface area contributed by atoms with Crippen molar-refractivity contribution >= 4 is 23.2 Å². The summed E-state index contributed by atoms with van der Waals surface area (Å²) < 4.78 is 0. The second-order valence-corrected chi connectivity index (χ2v) is 6.79. The van der Waals surface area contributed by atoms with Gasteiger partial charge in [-0.15, -0.1) is 0 Å². The van der Waals surface area contributed by atoms with Crippen molar-refractivity contribution in [2.45, 2.75) is 39.5 Å². The molecule has 1 unspecified atom stereocenters. The molecule has 1 aliphatic carbocycles. The standard InChI is InChI=1S/C18H25N3O2/c1-3-16(22)20-13-5-4-12(2)15(10-13)21-17(23)14-11-18(14)6-8-19-9-7-18/h4-5,10,14,19H,3,6-9,11H2,1-2H3,(H,20,22)(H,21,23). The van der Waals surface area contributed by atoms with Gasteiger partial charge in [-0.2, -0.15) is 0 Å². The van der Waals surface area contributed by atoms with Gasteiger partial charge in [-0.3, -0.25) is 9.59 Å². The van der Waals surface area contributed by atoms with Crippen LogP contribution in [0.4, 0.5) is 11.4 Å². The van der Waals surface area contributed by atoms with Gasteiger partial charge in [0.05, 0.1) is 0 Å². The average Bonchev–Trinajstić information content (AvgIpc) is 3.24. The van der Waals surface area contributed by atoms with Gasteiger partial charge in [0.2, 0.25) is 11.8 Å². The summed E-state index contributed by atoms with van der Waals surface area (Å²) in [4.78, 5) is 24.1. The molecule has 124 valence electrons. The molecular formula is C18H25N3O2. The average molecular weight is 315 g/mol. The van der Waals surface area contributed by atoms with Gasteiger partial charge in [0.15, 0.2) is 0 Å². The summed E-state index contributed by atoms with van der Waals surface area (Å²) in [7, 11) is 0. The maximum atomic E-state index is 12.6. The molecule has 0 radical (unpaired) electrons. The summed E-state index contributed by atoms with van der Waals surface area (Å²) in [6.45, 7) is 5.81. The van der Waals surface area contributed by atoms with Gasteiger partial charge in [-0.05, 0) is 62.4 Å². The third-order valence-electron chi connectivity index (χ3n) is 5.21. The van der Waals surface area contributed by atoms with Crippen molar-refractivity contribution in [3.8, 4) is 0 Å². The van der Waals surface area contributed by atoms with Crippen LogP contribution in [0.25, 0.3) is 0 Å². The van der Waals surface area contributed by atoms with Crippen molar-refractivity contribution < 1.29 is 9.59 Å². The zero-order chi connectivity index (χ0) is 16.4. The Hall–Kier alpha value is -1.88. The number of carbonyl (C=O) groups excluding carboxylic acids is 2. The fourth-order valence-corrected chi connectivity index (χ4v) is 3.50. The Kier molecular flexibility index (Phi) is 4.39. The smallest absolute Gasteiger partial charge is 0.228 e. The Bertz CT molecular complexity index is 621. The molecule has 3 N–H and O–H groups in total. The number of nitrogens with one attached hydrogen (secondary N) is 3. The molecule has 0 aromatic heterocycles. The van der Waals surface area contributed by atoms with Crippen molar-refractivity contribution in [2.75, 3.05) is 23.7 Å². The van der Waals surface area contributed by atoms with E-state index < -0.39 is 0 Å². The zero-order valence-electron chi connectivity index (χ0n) is 13.9. The van der Waals surface area contributed by atoms with Crippen LogP contribution in [-0.2, 0) is 9.59 Å². The highest BCUT2D eigenvalue weighted by molar-refractivity contribution is 5.97. The fraction of sp³-hybridized carbons (Fsp3) is 0.556. The SMILES string of the molecule is CCC(=O)Nc1ccc(C)c(NC(=O)C2CC23CCNCC3)c1. The summed E-state index contributed by atoms with van der Waals surface area (Å²) >= 11 is 0. The minimum atomic E-state index is -0.0259. The van der Waals surface area contributed by atoms with E-state index in [1.807, 2.05) is 32.0 Å². The van der Waals surface area contributed by atoms with Crippen LogP contribution >= 0.6 is 0 Å². The number of carbonyl (C=O) groups is 2. The van der Waals surface area contributed by atoms with Crippen LogP contribution in [-0.4, -0.2) is 24.9 Å². The normalized spacial score (nSPS) is 21.7. The minimum absolute atomic E-state index is 0.0259. The zero-order valence-corrected chi connectivity index (χ0v) is 13.9. The molecule has 5 heteroatoms. The van der Waals surface area contributed by atoms with Crippen molar-refractivity contribution in [3.05, 3.63) is 23.8 Å². The molecule has 2 fully saturated rings. The second kappa shape index (κ2) is 6.32. The first-order valence-corrected chi connectivity index (χ1v) is 8.46. The highest BCUT2D eigenvalue weighted by atomic mass is 16.2. The first kappa shape index (κ1) is 16.0. The van der Waals surface area contributed by atoms with Crippen molar-refractivity contribution in [1.29, 1.82) is 0 Å². The molecule has 2 aliphatic rings. The first-order chi connectivity index (χ1) is 11.0. The van der Waals surface area contributed by atoms with Crippen LogP contribution in [0.3, 0.4) is 0 Å². The molecule has 1 aliphatic heterocycles. The largest absolute Gasteiger partial charge is 0.326 e. The number of aryl methyl sites for hydroxylation is 1. The number of hydrogen-bond donors (Lipinski definition) is 3. The fourth-order valence-electron chi connectivity index (χ4n) is 3.50. The lowest BCUT2D eigenvalue weighted by molar-refractivity contribution is -0.118. The van der Waals surface area contributed by atoms with Crippen molar-refractivity contribution in [1.82, 2.24) is 5.32 Å².